The number of carbonyl (C=O) groups is 1. The maximum absolute atomic E-state index is 12.5. The third kappa shape index (κ3) is 2.93. The highest BCUT2D eigenvalue weighted by Gasteiger charge is 2.43. The summed E-state index contributed by atoms with van der Waals surface area (Å²) in [6.45, 7) is 2.76. The lowest BCUT2D eigenvalue weighted by molar-refractivity contribution is -0.135. The smallest absolute Gasteiger partial charge is 0.376 e. The van der Waals surface area contributed by atoms with Crippen molar-refractivity contribution in [2.45, 2.75) is 19.5 Å². The molecule has 7 nitrogen and oxygen atoms in total. The topological polar surface area (TPSA) is 63.6 Å². The van der Waals surface area contributed by atoms with Gasteiger partial charge in [-0.05, 0) is 43.2 Å². The van der Waals surface area contributed by atoms with Crippen LogP contribution in [-0.2, 0) is 16.0 Å². The van der Waals surface area contributed by atoms with Gasteiger partial charge in [0, 0.05) is 12.1 Å². The first kappa shape index (κ1) is 18.2. The van der Waals surface area contributed by atoms with E-state index in [2.05, 4.69) is 5.10 Å². The van der Waals surface area contributed by atoms with Crippen LogP contribution in [0.25, 0.3) is 0 Å². The largest absolute Gasteiger partial charge is 0.493 e. The Bertz CT molecular complexity index is 913. The molecule has 2 aromatic carbocycles. The van der Waals surface area contributed by atoms with Crippen molar-refractivity contribution in [1.29, 1.82) is 0 Å². The van der Waals surface area contributed by atoms with Crippen LogP contribution in [0.2, 0.25) is 0 Å². The van der Waals surface area contributed by atoms with Crippen molar-refractivity contribution in [2.24, 2.45) is 5.10 Å². The van der Waals surface area contributed by atoms with Gasteiger partial charge in [-0.25, -0.2) is 9.80 Å². The Morgan fingerprint density at radius 2 is 1.86 bits per heavy atom. The molecule has 0 saturated carbocycles. The standard InChI is InChI=1S/C21H23N3O4/c1-4-28-21(25)19-22-24(15-8-6-5-7-9-15)20-16-13-18(27-3)17(26-2)12-14(16)10-11-23(19)20/h5-9,12-13,20H,4,10-11H2,1-3H3/t20-/m0/s1. The van der Waals surface area contributed by atoms with Crippen LogP contribution in [0.4, 0.5) is 5.69 Å². The minimum atomic E-state index is -0.408. The number of hydrazone groups is 1. The molecule has 0 aromatic heterocycles. The van der Waals surface area contributed by atoms with Gasteiger partial charge in [-0.2, -0.15) is 0 Å². The van der Waals surface area contributed by atoms with Crippen LogP contribution in [0, 0.1) is 0 Å². The van der Waals surface area contributed by atoms with Crippen molar-refractivity contribution < 1.29 is 19.0 Å². The van der Waals surface area contributed by atoms with E-state index in [4.69, 9.17) is 14.2 Å². The normalized spacial score (nSPS) is 17.5. The molecule has 2 heterocycles. The number of ether oxygens (including phenoxy) is 3. The highest BCUT2D eigenvalue weighted by Crippen LogP contribution is 2.43. The first-order chi connectivity index (χ1) is 13.7. The number of methoxy groups -OCH3 is 2. The molecule has 0 bridgehead atoms. The fourth-order valence-corrected chi connectivity index (χ4v) is 3.76. The number of para-hydroxylation sites is 1. The predicted octanol–water partition coefficient (Wildman–Crippen LogP) is 2.96. The summed E-state index contributed by atoms with van der Waals surface area (Å²) in [6, 6.07) is 13.8. The Morgan fingerprint density at radius 1 is 1.14 bits per heavy atom. The van der Waals surface area contributed by atoms with Crippen molar-refractivity contribution in [3.8, 4) is 11.5 Å². The Hall–Kier alpha value is -3.22. The van der Waals surface area contributed by atoms with Gasteiger partial charge in [-0.1, -0.05) is 18.2 Å². The molecule has 146 valence electrons. The van der Waals surface area contributed by atoms with Crippen LogP contribution in [0.1, 0.15) is 24.2 Å². The fraction of sp³-hybridized carbons (Fsp3) is 0.333. The van der Waals surface area contributed by atoms with E-state index in [0.29, 0.717) is 30.5 Å². The summed E-state index contributed by atoms with van der Waals surface area (Å²) in [7, 11) is 3.25. The number of carbonyl (C=O) groups excluding carboxylic acids is 1. The second kappa shape index (κ2) is 7.42. The fourth-order valence-electron chi connectivity index (χ4n) is 3.76. The number of esters is 1. The van der Waals surface area contributed by atoms with E-state index in [0.717, 1.165) is 23.2 Å². The highest BCUT2D eigenvalue weighted by molar-refractivity contribution is 6.36. The molecule has 0 N–H and O–H groups in total. The van der Waals surface area contributed by atoms with Crippen LogP contribution in [0.3, 0.4) is 0 Å². The summed E-state index contributed by atoms with van der Waals surface area (Å²) in [5.41, 5.74) is 3.09. The second-order valence-corrected chi connectivity index (χ2v) is 6.55. The number of nitrogens with zero attached hydrogens (tertiary/aromatic N) is 3. The van der Waals surface area contributed by atoms with Gasteiger partial charge < -0.3 is 19.1 Å². The Kier molecular flexibility index (Phi) is 4.81. The SMILES string of the molecule is CCOC(=O)C1=NN(c2ccccc2)[C@H]2c3cc(OC)c(OC)cc3CCN12. The van der Waals surface area contributed by atoms with E-state index in [9.17, 15) is 4.79 Å². The number of hydrogen-bond acceptors (Lipinski definition) is 7. The van der Waals surface area contributed by atoms with Gasteiger partial charge in [-0.15, -0.1) is 5.10 Å². The third-order valence-corrected chi connectivity index (χ3v) is 5.03. The van der Waals surface area contributed by atoms with Crippen LogP contribution in [-0.4, -0.2) is 44.1 Å². The zero-order chi connectivity index (χ0) is 19.7. The van der Waals surface area contributed by atoms with Crippen LogP contribution >= 0.6 is 0 Å². The summed E-state index contributed by atoms with van der Waals surface area (Å²) in [5, 5.41) is 6.52. The van der Waals surface area contributed by atoms with Gasteiger partial charge in [0.1, 0.15) is 0 Å². The van der Waals surface area contributed by atoms with Crippen LogP contribution < -0.4 is 14.5 Å². The number of benzene rings is 2. The molecule has 2 aromatic rings. The molecular formula is C21H23N3O4. The summed E-state index contributed by atoms with van der Waals surface area (Å²) in [5.74, 6) is 1.28. The first-order valence-corrected chi connectivity index (χ1v) is 9.29. The number of amidine groups is 1. The Labute approximate surface area is 164 Å². The summed E-state index contributed by atoms with van der Waals surface area (Å²) < 4.78 is 16.2. The molecule has 0 spiro atoms. The van der Waals surface area contributed by atoms with E-state index in [1.807, 2.05) is 52.4 Å². The van der Waals surface area contributed by atoms with Crippen LogP contribution in [0.5, 0.6) is 11.5 Å². The molecule has 4 rings (SSSR count). The molecule has 0 radical (unpaired) electrons. The maximum Gasteiger partial charge on any atom is 0.376 e. The highest BCUT2D eigenvalue weighted by atomic mass is 16.5. The molecule has 0 amide bonds. The minimum absolute atomic E-state index is 0.245. The molecule has 7 heteroatoms. The number of anilines is 1. The molecule has 2 aliphatic heterocycles. The van der Waals surface area contributed by atoms with Crippen LogP contribution in [0.15, 0.2) is 47.6 Å². The van der Waals surface area contributed by atoms with E-state index in [1.54, 1.807) is 21.1 Å². The average Bonchev–Trinajstić information content (AvgIpc) is 3.13. The third-order valence-electron chi connectivity index (χ3n) is 5.03. The Balaban J connectivity index is 1.83. The molecule has 1 atom stereocenters. The van der Waals surface area contributed by atoms with Crippen molar-refractivity contribution in [1.82, 2.24) is 4.90 Å². The first-order valence-electron chi connectivity index (χ1n) is 9.29. The molecule has 0 fully saturated rings. The molecule has 2 aliphatic rings. The second-order valence-electron chi connectivity index (χ2n) is 6.55. The van der Waals surface area contributed by atoms with Gasteiger partial charge in [-0.3, -0.25) is 0 Å². The lowest BCUT2D eigenvalue weighted by Gasteiger charge is -2.37. The molecule has 28 heavy (non-hydrogen) atoms. The molecular weight excluding hydrogens is 358 g/mol. The summed E-state index contributed by atoms with van der Waals surface area (Å²) in [4.78, 5) is 14.5. The maximum atomic E-state index is 12.5. The lowest BCUT2D eigenvalue weighted by Crippen LogP contribution is -2.43. The average molecular weight is 381 g/mol. The zero-order valence-corrected chi connectivity index (χ0v) is 16.2. The lowest BCUT2D eigenvalue weighted by atomic mass is 9.95. The van der Waals surface area contributed by atoms with E-state index >= 15 is 0 Å². The van der Waals surface area contributed by atoms with Gasteiger partial charge in [0.15, 0.2) is 17.7 Å². The number of rotatable bonds is 5. The number of fused-ring (bicyclic) bond motifs is 3. The molecule has 0 aliphatic carbocycles. The van der Waals surface area contributed by atoms with E-state index in [1.165, 1.54) is 0 Å². The quantitative estimate of drug-likeness (QED) is 0.742. The summed E-state index contributed by atoms with van der Waals surface area (Å²) in [6.07, 6.45) is 0.526. The monoisotopic (exact) mass is 381 g/mol. The predicted molar refractivity (Wildman–Crippen MR) is 106 cm³/mol. The molecule has 0 unspecified atom stereocenters. The van der Waals surface area contributed by atoms with Crippen molar-refractivity contribution in [2.75, 3.05) is 32.4 Å². The summed E-state index contributed by atoms with van der Waals surface area (Å²) >= 11 is 0. The van der Waals surface area contributed by atoms with E-state index in [-0.39, 0.29) is 6.17 Å². The Morgan fingerprint density at radius 3 is 2.54 bits per heavy atom. The van der Waals surface area contributed by atoms with Crippen molar-refractivity contribution in [3.63, 3.8) is 0 Å². The number of hydrogen-bond donors (Lipinski definition) is 0. The van der Waals surface area contributed by atoms with Gasteiger partial charge >= 0.3 is 5.97 Å². The van der Waals surface area contributed by atoms with E-state index < -0.39 is 5.97 Å². The zero-order valence-electron chi connectivity index (χ0n) is 16.2. The van der Waals surface area contributed by atoms with Gasteiger partial charge in [0.2, 0.25) is 5.84 Å². The van der Waals surface area contributed by atoms with Gasteiger partial charge in [0.05, 0.1) is 26.5 Å². The molecule has 0 saturated heterocycles. The van der Waals surface area contributed by atoms with Crippen molar-refractivity contribution in [3.05, 3.63) is 53.6 Å². The van der Waals surface area contributed by atoms with Gasteiger partial charge in [0.25, 0.3) is 0 Å². The van der Waals surface area contributed by atoms with Crippen molar-refractivity contribution >= 4 is 17.5 Å². The minimum Gasteiger partial charge on any atom is -0.493 e.